The number of nitrogens with one attached hydrogen (secondary N) is 2. The van der Waals surface area contributed by atoms with E-state index in [4.69, 9.17) is 0 Å². The molecule has 0 unspecified atom stereocenters. The van der Waals surface area contributed by atoms with E-state index in [0.717, 1.165) is 10.4 Å². The minimum atomic E-state index is -0.342. The van der Waals surface area contributed by atoms with Crippen LogP contribution in [0.3, 0.4) is 0 Å². The Morgan fingerprint density at radius 2 is 1.76 bits per heavy atom. The maximum atomic E-state index is 12.1. The van der Waals surface area contributed by atoms with Gasteiger partial charge in [-0.05, 0) is 36.4 Å². The van der Waals surface area contributed by atoms with Crippen LogP contribution in [0.5, 0.6) is 0 Å². The van der Waals surface area contributed by atoms with Crippen molar-refractivity contribution in [3.8, 4) is 5.82 Å². The highest BCUT2D eigenvalue weighted by molar-refractivity contribution is 5.90. The van der Waals surface area contributed by atoms with E-state index in [1.165, 1.54) is 24.7 Å². The summed E-state index contributed by atoms with van der Waals surface area (Å²) < 4.78 is 2.73. The molecule has 0 atom stereocenters. The lowest BCUT2D eigenvalue weighted by Gasteiger charge is -2.09. The van der Waals surface area contributed by atoms with Gasteiger partial charge < -0.3 is 10.6 Å². The number of benzene rings is 1. The summed E-state index contributed by atoms with van der Waals surface area (Å²) in [4.78, 5) is 32.1. The molecule has 10 heteroatoms. The number of carbonyl (C=O) groups is 1. The average Bonchev–Trinajstić information content (AvgIpc) is 3.26. The lowest BCUT2D eigenvalue weighted by molar-refractivity contribution is -0.117. The molecular weight excluding hydrogens is 372 g/mol. The first-order valence-electron chi connectivity index (χ1n) is 8.68. The smallest absolute Gasteiger partial charge is 0.267 e. The first-order chi connectivity index (χ1) is 14.2. The van der Waals surface area contributed by atoms with Crippen molar-refractivity contribution in [2.75, 3.05) is 10.6 Å². The third-order valence-corrected chi connectivity index (χ3v) is 3.91. The van der Waals surface area contributed by atoms with Crippen LogP contribution in [0.2, 0.25) is 0 Å². The second-order valence-corrected chi connectivity index (χ2v) is 5.98. The van der Waals surface area contributed by atoms with Crippen LogP contribution in [0.1, 0.15) is 0 Å². The van der Waals surface area contributed by atoms with Crippen LogP contribution in [-0.4, -0.2) is 35.4 Å². The van der Waals surface area contributed by atoms with Crippen LogP contribution in [-0.2, 0) is 11.3 Å². The first-order valence-corrected chi connectivity index (χ1v) is 8.68. The predicted octanol–water partition coefficient (Wildman–Crippen LogP) is 1.60. The van der Waals surface area contributed by atoms with Crippen molar-refractivity contribution in [3.63, 3.8) is 0 Å². The van der Waals surface area contributed by atoms with Gasteiger partial charge in [0.25, 0.3) is 5.56 Å². The van der Waals surface area contributed by atoms with E-state index in [0.29, 0.717) is 17.3 Å². The Balaban J connectivity index is 1.39. The molecule has 10 nitrogen and oxygen atoms in total. The quantitative estimate of drug-likeness (QED) is 0.515. The molecule has 0 aliphatic rings. The molecule has 4 rings (SSSR count). The van der Waals surface area contributed by atoms with Gasteiger partial charge in [-0.3, -0.25) is 9.59 Å². The largest absolute Gasteiger partial charge is 0.340 e. The summed E-state index contributed by atoms with van der Waals surface area (Å²) in [7, 11) is 0. The summed E-state index contributed by atoms with van der Waals surface area (Å²) in [5, 5.41) is 13.9. The van der Waals surface area contributed by atoms with Gasteiger partial charge >= 0.3 is 0 Å². The molecule has 4 aromatic rings. The Morgan fingerprint density at radius 3 is 2.52 bits per heavy atom. The second kappa shape index (κ2) is 8.13. The van der Waals surface area contributed by atoms with Crippen molar-refractivity contribution in [2.24, 2.45) is 0 Å². The predicted molar refractivity (Wildman–Crippen MR) is 106 cm³/mol. The van der Waals surface area contributed by atoms with E-state index in [1.54, 1.807) is 47.4 Å². The van der Waals surface area contributed by atoms with E-state index < -0.39 is 0 Å². The van der Waals surface area contributed by atoms with Gasteiger partial charge in [0.2, 0.25) is 5.91 Å². The van der Waals surface area contributed by atoms with E-state index in [9.17, 15) is 9.59 Å². The minimum absolute atomic E-state index is 0.156. The molecular formula is C19H16N8O2. The normalized spacial score (nSPS) is 10.5. The maximum Gasteiger partial charge on any atom is 0.267 e. The first kappa shape index (κ1) is 18.0. The summed E-state index contributed by atoms with van der Waals surface area (Å²) in [5.41, 5.74) is 1.06. The van der Waals surface area contributed by atoms with Crippen LogP contribution in [0.15, 0.2) is 78.2 Å². The van der Waals surface area contributed by atoms with E-state index in [1.807, 2.05) is 6.07 Å². The van der Waals surface area contributed by atoms with Crippen molar-refractivity contribution >= 4 is 23.1 Å². The molecule has 3 heterocycles. The molecule has 2 N–H and O–H groups in total. The van der Waals surface area contributed by atoms with Crippen molar-refractivity contribution in [1.29, 1.82) is 0 Å². The number of carbonyl (C=O) groups excluding carboxylic acids is 1. The van der Waals surface area contributed by atoms with Gasteiger partial charge in [-0.2, -0.15) is 10.2 Å². The molecule has 1 aromatic carbocycles. The van der Waals surface area contributed by atoms with Crippen molar-refractivity contribution in [2.45, 2.75) is 6.54 Å². The molecule has 1 amide bonds. The van der Waals surface area contributed by atoms with Gasteiger partial charge in [0.1, 0.15) is 18.7 Å². The monoisotopic (exact) mass is 388 g/mol. The zero-order valence-electron chi connectivity index (χ0n) is 15.1. The van der Waals surface area contributed by atoms with Crippen molar-refractivity contribution in [3.05, 3.63) is 83.8 Å². The number of aromatic nitrogens is 6. The Bertz CT molecular complexity index is 1170. The standard InChI is InChI=1S/C19H16N8O2/c28-18(12-27-19(29)3-1-8-23-27)25-15-6-4-14(5-7-15)24-16-11-17(21-13-20-16)26-10-2-9-22-26/h1-11,13H,12H2,(H,25,28)(H,20,21,24). The second-order valence-electron chi connectivity index (χ2n) is 5.98. The van der Waals surface area contributed by atoms with Crippen LogP contribution < -0.4 is 16.2 Å². The minimum Gasteiger partial charge on any atom is -0.340 e. The van der Waals surface area contributed by atoms with E-state index >= 15 is 0 Å². The van der Waals surface area contributed by atoms with Crippen molar-refractivity contribution in [1.82, 2.24) is 29.5 Å². The number of anilines is 3. The molecule has 0 saturated carbocycles. The van der Waals surface area contributed by atoms with Crippen molar-refractivity contribution < 1.29 is 4.79 Å². The van der Waals surface area contributed by atoms with E-state index in [-0.39, 0.29) is 18.0 Å². The molecule has 0 fully saturated rings. The molecule has 3 aromatic heterocycles. The highest BCUT2D eigenvalue weighted by Crippen LogP contribution is 2.18. The number of nitrogens with zero attached hydrogens (tertiary/aromatic N) is 6. The summed E-state index contributed by atoms with van der Waals surface area (Å²) in [5.74, 6) is 0.907. The summed E-state index contributed by atoms with van der Waals surface area (Å²) >= 11 is 0. The van der Waals surface area contributed by atoms with Gasteiger partial charge in [0.05, 0.1) is 0 Å². The van der Waals surface area contributed by atoms with Gasteiger partial charge in [-0.25, -0.2) is 19.3 Å². The molecule has 144 valence electrons. The van der Waals surface area contributed by atoms with Crippen LogP contribution >= 0.6 is 0 Å². The number of hydrogen-bond donors (Lipinski definition) is 2. The molecule has 0 spiro atoms. The maximum absolute atomic E-state index is 12.1. The summed E-state index contributed by atoms with van der Waals surface area (Å²) in [6.07, 6.45) is 6.38. The fourth-order valence-corrected chi connectivity index (χ4v) is 2.57. The Hall–Kier alpha value is -4.34. The van der Waals surface area contributed by atoms with Gasteiger partial charge in [0.15, 0.2) is 5.82 Å². The topological polar surface area (TPSA) is 120 Å². The lowest BCUT2D eigenvalue weighted by Crippen LogP contribution is -2.28. The number of amides is 1. The summed E-state index contributed by atoms with van der Waals surface area (Å²) in [6, 6.07) is 13.6. The molecule has 0 radical (unpaired) electrons. The van der Waals surface area contributed by atoms with Gasteiger partial charge in [0, 0.05) is 42.1 Å². The Morgan fingerprint density at radius 1 is 0.966 bits per heavy atom. The SMILES string of the molecule is O=C(Cn1ncccc1=O)Nc1ccc(Nc2cc(-n3cccn3)ncn2)cc1. The zero-order chi connectivity index (χ0) is 20.1. The van der Waals surface area contributed by atoms with Gasteiger partial charge in [-0.1, -0.05) is 0 Å². The number of hydrogen-bond acceptors (Lipinski definition) is 7. The fraction of sp³-hybridized carbons (Fsp3) is 0.0526. The molecule has 0 saturated heterocycles. The molecule has 29 heavy (non-hydrogen) atoms. The summed E-state index contributed by atoms with van der Waals surface area (Å²) in [6.45, 7) is -0.156. The Labute approximate surface area is 164 Å². The zero-order valence-corrected chi connectivity index (χ0v) is 15.1. The van der Waals surface area contributed by atoms with Crippen LogP contribution in [0.4, 0.5) is 17.2 Å². The highest BCUT2D eigenvalue weighted by atomic mass is 16.2. The van der Waals surface area contributed by atoms with Gasteiger partial charge in [-0.15, -0.1) is 0 Å². The molecule has 0 aliphatic carbocycles. The highest BCUT2D eigenvalue weighted by Gasteiger charge is 2.06. The Kier molecular flexibility index (Phi) is 5.06. The third-order valence-electron chi connectivity index (χ3n) is 3.91. The molecule has 0 bridgehead atoms. The average molecular weight is 388 g/mol. The van der Waals surface area contributed by atoms with E-state index in [2.05, 4.69) is 30.8 Å². The fourth-order valence-electron chi connectivity index (χ4n) is 2.57. The lowest BCUT2D eigenvalue weighted by atomic mass is 10.2. The third kappa shape index (κ3) is 4.50. The van der Waals surface area contributed by atoms with Crippen LogP contribution in [0, 0.1) is 0 Å². The molecule has 0 aliphatic heterocycles. The van der Waals surface area contributed by atoms with Crippen LogP contribution in [0.25, 0.3) is 5.82 Å². The number of rotatable bonds is 6.